The Labute approximate surface area is 211 Å². The number of hydrogen-bond donors (Lipinski definition) is 0. The molecule has 0 atom stereocenters. The van der Waals surface area contributed by atoms with Crippen LogP contribution in [-0.2, 0) is 13.0 Å². The van der Waals surface area contributed by atoms with Crippen molar-refractivity contribution in [3.63, 3.8) is 0 Å². The van der Waals surface area contributed by atoms with Gasteiger partial charge in [-0.05, 0) is 60.9 Å². The van der Waals surface area contributed by atoms with E-state index in [2.05, 4.69) is 10.1 Å². The largest absolute Gasteiger partial charge is 0.497 e. The van der Waals surface area contributed by atoms with Gasteiger partial charge in [-0.2, -0.15) is 9.78 Å². The number of ether oxygens (including phenoxy) is 1. The van der Waals surface area contributed by atoms with Gasteiger partial charge in [-0.1, -0.05) is 24.3 Å². The first kappa shape index (κ1) is 22.5. The number of aryl methyl sites for hydroxylation is 2. The van der Waals surface area contributed by atoms with Crippen molar-refractivity contribution < 1.29 is 4.74 Å². The van der Waals surface area contributed by atoms with E-state index < -0.39 is 0 Å². The first-order valence-electron chi connectivity index (χ1n) is 11.9. The Hall–Kier alpha value is -4.92. The molecule has 0 radical (unpaired) electrons. The zero-order chi connectivity index (χ0) is 25.4. The lowest BCUT2D eigenvalue weighted by Gasteiger charge is -2.10. The van der Waals surface area contributed by atoms with E-state index in [1.807, 2.05) is 67.6 Å². The Balaban J connectivity index is 1.52. The highest BCUT2D eigenvalue weighted by atomic mass is 16.5. The summed E-state index contributed by atoms with van der Waals surface area (Å²) in [7, 11) is 1.64. The second kappa shape index (κ2) is 9.27. The first-order valence-corrected chi connectivity index (χ1v) is 11.9. The van der Waals surface area contributed by atoms with Crippen LogP contribution in [0.3, 0.4) is 0 Å². The molecule has 2 aromatic carbocycles. The zero-order valence-corrected chi connectivity index (χ0v) is 20.4. The fraction of sp³-hybridized carbons (Fsp3) is 0.143. The van der Waals surface area contributed by atoms with E-state index in [9.17, 15) is 4.79 Å². The Morgan fingerprint density at radius 3 is 2.38 bits per heavy atom. The molecule has 0 fully saturated rings. The van der Waals surface area contributed by atoms with E-state index in [0.29, 0.717) is 46.5 Å². The van der Waals surface area contributed by atoms with Crippen molar-refractivity contribution in [2.45, 2.75) is 19.9 Å². The molecule has 0 aliphatic heterocycles. The lowest BCUT2D eigenvalue weighted by molar-refractivity contribution is 0.414. The Kier molecular flexibility index (Phi) is 5.65. The van der Waals surface area contributed by atoms with Crippen molar-refractivity contribution >= 4 is 39.4 Å². The van der Waals surface area contributed by atoms with E-state index in [1.165, 1.54) is 0 Å². The number of hydrogen-bond acceptors (Lipinski definition) is 7. The Bertz CT molecular complexity index is 1840. The third-order valence-corrected chi connectivity index (χ3v) is 6.34. The highest BCUT2D eigenvalue weighted by Crippen LogP contribution is 2.25. The molecule has 6 rings (SSSR count). The third-order valence-electron chi connectivity index (χ3n) is 6.34. The van der Waals surface area contributed by atoms with Crippen LogP contribution in [0.2, 0.25) is 0 Å². The minimum Gasteiger partial charge on any atom is -0.497 e. The van der Waals surface area contributed by atoms with Gasteiger partial charge in [0.2, 0.25) is 0 Å². The second-order valence-corrected chi connectivity index (χ2v) is 8.63. The lowest BCUT2D eigenvalue weighted by atomic mass is 10.1. The third kappa shape index (κ3) is 4.10. The van der Waals surface area contributed by atoms with Gasteiger partial charge in [-0.15, -0.1) is 0 Å². The van der Waals surface area contributed by atoms with Gasteiger partial charge >= 0.3 is 0 Å². The normalized spacial score (nSPS) is 11.7. The standard InChI is InChI=1S/C28H23N7O2/c1-18-31-26-24(28(36)34(18)16-13-19-7-9-21(37-2)10-8-19)25-27(33-23-6-4-3-5-22(23)32-25)35(26)30-17-20-11-14-29-15-12-20/h3-12,14-15,17H,13,16H2,1-2H3/b30-17+. The molecule has 182 valence electrons. The molecule has 0 N–H and O–H groups in total. The molecule has 0 amide bonds. The van der Waals surface area contributed by atoms with Crippen LogP contribution >= 0.6 is 0 Å². The average molecular weight is 490 g/mol. The number of fused-ring (bicyclic) bond motifs is 4. The number of para-hydroxylation sites is 2. The highest BCUT2D eigenvalue weighted by Gasteiger charge is 2.21. The summed E-state index contributed by atoms with van der Waals surface area (Å²) in [5.74, 6) is 1.39. The maximum Gasteiger partial charge on any atom is 0.265 e. The molecule has 4 heterocycles. The predicted molar refractivity (Wildman–Crippen MR) is 143 cm³/mol. The van der Waals surface area contributed by atoms with E-state index in [1.54, 1.807) is 35.0 Å². The van der Waals surface area contributed by atoms with Crippen LogP contribution in [0.25, 0.3) is 33.2 Å². The fourth-order valence-corrected chi connectivity index (χ4v) is 4.39. The number of pyridine rings is 1. The summed E-state index contributed by atoms with van der Waals surface area (Å²) in [5.41, 5.74) is 4.62. The van der Waals surface area contributed by atoms with Gasteiger partial charge < -0.3 is 4.74 Å². The topological polar surface area (TPSA) is 100 Å². The second-order valence-electron chi connectivity index (χ2n) is 8.63. The summed E-state index contributed by atoms with van der Waals surface area (Å²) in [5, 5.41) is 5.06. The quantitative estimate of drug-likeness (QED) is 0.326. The molecular weight excluding hydrogens is 466 g/mol. The van der Waals surface area contributed by atoms with Crippen LogP contribution in [0.15, 0.2) is 83.0 Å². The van der Waals surface area contributed by atoms with Crippen LogP contribution in [0.5, 0.6) is 5.75 Å². The summed E-state index contributed by atoms with van der Waals surface area (Å²) in [4.78, 5) is 32.4. The van der Waals surface area contributed by atoms with Gasteiger partial charge in [0.15, 0.2) is 11.3 Å². The number of methoxy groups -OCH3 is 1. The van der Waals surface area contributed by atoms with Gasteiger partial charge in [-0.25, -0.2) is 15.0 Å². The molecule has 37 heavy (non-hydrogen) atoms. The van der Waals surface area contributed by atoms with E-state index in [-0.39, 0.29) is 5.56 Å². The van der Waals surface area contributed by atoms with Crippen LogP contribution in [0, 0.1) is 6.92 Å². The number of aromatic nitrogens is 6. The van der Waals surface area contributed by atoms with Crippen molar-refractivity contribution in [3.05, 3.63) is 100 Å². The highest BCUT2D eigenvalue weighted by molar-refractivity contribution is 6.05. The van der Waals surface area contributed by atoms with E-state index in [0.717, 1.165) is 22.4 Å². The molecule has 0 bridgehead atoms. The smallest absolute Gasteiger partial charge is 0.265 e. The van der Waals surface area contributed by atoms with Crippen LogP contribution in [-0.4, -0.2) is 42.5 Å². The molecule has 4 aromatic heterocycles. The molecule has 0 unspecified atom stereocenters. The summed E-state index contributed by atoms with van der Waals surface area (Å²) in [6.07, 6.45) is 5.77. The summed E-state index contributed by atoms with van der Waals surface area (Å²) in [6.45, 7) is 2.31. The summed E-state index contributed by atoms with van der Waals surface area (Å²) >= 11 is 0. The van der Waals surface area contributed by atoms with E-state index in [4.69, 9.17) is 19.7 Å². The van der Waals surface area contributed by atoms with Gasteiger partial charge in [0.25, 0.3) is 5.56 Å². The molecule has 6 aromatic rings. The van der Waals surface area contributed by atoms with Gasteiger partial charge in [0.05, 0.1) is 24.4 Å². The molecule has 9 heteroatoms. The molecule has 0 spiro atoms. The number of rotatable bonds is 6. The predicted octanol–water partition coefficient (Wildman–Crippen LogP) is 4.13. The Morgan fingerprint density at radius 1 is 0.919 bits per heavy atom. The minimum absolute atomic E-state index is 0.163. The maximum absolute atomic E-state index is 13.9. The SMILES string of the molecule is COc1ccc(CCn2c(C)nc3c(c2=O)c2nc4ccccc4nc2n3/N=C/c2ccncc2)cc1. The van der Waals surface area contributed by atoms with Crippen LogP contribution in [0.1, 0.15) is 17.0 Å². The van der Waals surface area contributed by atoms with Crippen molar-refractivity contribution in [1.82, 2.24) is 29.2 Å². The first-order chi connectivity index (χ1) is 18.1. The Morgan fingerprint density at radius 2 is 1.65 bits per heavy atom. The molecule has 0 saturated carbocycles. The molecular formula is C28H23N7O2. The zero-order valence-electron chi connectivity index (χ0n) is 20.4. The van der Waals surface area contributed by atoms with Gasteiger partial charge in [0, 0.05) is 18.9 Å². The van der Waals surface area contributed by atoms with Gasteiger partial charge in [0.1, 0.15) is 22.5 Å². The number of benzene rings is 2. The molecule has 9 nitrogen and oxygen atoms in total. The summed E-state index contributed by atoms with van der Waals surface area (Å²) in [6, 6.07) is 19.1. The van der Waals surface area contributed by atoms with E-state index >= 15 is 0 Å². The minimum atomic E-state index is -0.163. The number of nitrogens with zero attached hydrogens (tertiary/aromatic N) is 7. The fourth-order valence-electron chi connectivity index (χ4n) is 4.39. The molecule has 0 saturated heterocycles. The molecule has 0 aliphatic rings. The van der Waals surface area contributed by atoms with Crippen LogP contribution in [0.4, 0.5) is 0 Å². The maximum atomic E-state index is 13.9. The van der Waals surface area contributed by atoms with Crippen molar-refractivity contribution in [2.24, 2.45) is 5.10 Å². The van der Waals surface area contributed by atoms with Crippen molar-refractivity contribution in [1.29, 1.82) is 0 Å². The molecule has 0 aliphatic carbocycles. The average Bonchev–Trinajstić information content (AvgIpc) is 3.23. The van der Waals surface area contributed by atoms with Gasteiger partial charge in [-0.3, -0.25) is 14.3 Å². The monoisotopic (exact) mass is 489 g/mol. The van der Waals surface area contributed by atoms with Crippen molar-refractivity contribution in [2.75, 3.05) is 7.11 Å². The van der Waals surface area contributed by atoms with Crippen molar-refractivity contribution in [3.8, 4) is 5.75 Å². The van der Waals surface area contributed by atoms with Crippen LogP contribution < -0.4 is 10.3 Å². The summed E-state index contributed by atoms with van der Waals surface area (Å²) < 4.78 is 8.54. The lowest BCUT2D eigenvalue weighted by Crippen LogP contribution is -2.25.